The summed E-state index contributed by atoms with van der Waals surface area (Å²) >= 11 is 1.31. The first-order chi connectivity index (χ1) is 13.0. The molecule has 0 unspecified atom stereocenters. The van der Waals surface area contributed by atoms with Crippen molar-refractivity contribution in [2.24, 2.45) is 0 Å². The Morgan fingerprint density at radius 3 is 2.89 bits per heavy atom. The molecule has 7 nitrogen and oxygen atoms in total. The van der Waals surface area contributed by atoms with Crippen molar-refractivity contribution in [3.8, 4) is 11.8 Å². The summed E-state index contributed by atoms with van der Waals surface area (Å²) in [6.07, 6.45) is 1.39. The van der Waals surface area contributed by atoms with E-state index in [2.05, 4.69) is 10.6 Å². The Labute approximate surface area is 161 Å². The van der Waals surface area contributed by atoms with Crippen LogP contribution in [0.3, 0.4) is 0 Å². The van der Waals surface area contributed by atoms with Gasteiger partial charge in [-0.2, -0.15) is 5.26 Å². The predicted molar refractivity (Wildman–Crippen MR) is 105 cm³/mol. The number of carbonyl (C=O) groups is 2. The van der Waals surface area contributed by atoms with E-state index in [1.807, 2.05) is 18.2 Å². The van der Waals surface area contributed by atoms with Crippen LogP contribution in [-0.4, -0.2) is 31.5 Å². The van der Waals surface area contributed by atoms with Gasteiger partial charge in [0.05, 0.1) is 18.4 Å². The molecule has 2 N–H and O–H groups in total. The lowest BCUT2D eigenvalue weighted by Crippen LogP contribution is -2.31. The highest BCUT2D eigenvalue weighted by atomic mass is 32.1. The Balaban J connectivity index is 1.70. The number of amides is 2. The highest BCUT2D eigenvalue weighted by Gasteiger charge is 2.25. The molecule has 0 saturated carbocycles. The van der Waals surface area contributed by atoms with Crippen LogP contribution in [0.25, 0.3) is 0 Å². The van der Waals surface area contributed by atoms with Gasteiger partial charge < -0.3 is 20.3 Å². The third-order valence-corrected chi connectivity index (χ3v) is 5.17. The number of thiophene rings is 1. The van der Waals surface area contributed by atoms with E-state index >= 15 is 0 Å². The van der Waals surface area contributed by atoms with E-state index in [0.717, 1.165) is 12.1 Å². The number of nitriles is 1. The zero-order valence-electron chi connectivity index (χ0n) is 15.1. The normalized spacial score (nSPS) is 14.6. The molecule has 2 heterocycles. The summed E-state index contributed by atoms with van der Waals surface area (Å²) in [5, 5.41) is 17.2. The van der Waals surface area contributed by atoms with Gasteiger partial charge in [0, 0.05) is 24.7 Å². The largest absolute Gasteiger partial charge is 0.494 e. The van der Waals surface area contributed by atoms with Crippen LogP contribution in [0.5, 0.6) is 5.75 Å². The molecule has 1 aliphatic heterocycles. The summed E-state index contributed by atoms with van der Waals surface area (Å²) in [5.41, 5.74) is 1.89. The maximum atomic E-state index is 12.4. The molecule has 1 atom stereocenters. The molecule has 1 aromatic carbocycles. The van der Waals surface area contributed by atoms with E-state index in [9.17, 15) is 9.59 Å². The zero-order valence-corrected chi connectivity index (χ0v) is 15.9. The van der Waals surface area contributed by atoms with E-state index in [0.29, 0.717) is 35.0 Å². The van der Waals surface area contributed by atoms with Gasteiger partial charge in [0.15, 0.2) is 0 Å². The van der Waals surface area contributed by atoms with E-state index in [1.165, 1.54) is 11.3 Å². The van der Waals surface area contributed by atoms with Crippen molar-refractivity contribution in [2.75, 3.05) is 29.2 Å². The van der Waals surface area contributed by atoms with Crippen molar-refractivity contribution in [3.05, 3.63) is 35.2 Å². The minimum Gasteiger partial charge on any atom is -0.494 e. The molecule has 0 aliphatic carbocycles. The van der Waals surface area contributed by atoms with E-state index < -0.39 is 6.04 Å². The molecule has 0 radical (unpaired) electrons. The van der Waals surface area contributed by atoms with Gasteiger partial charge in [-0.05, 0) is 36.9 Å². The SMILES string of the molecule is COc1cc(N[C@H](C)C(=O)Nc2sccc2C#N)ccc1N1CCCC1=O. The lowest BCUT2D eigenvalue weighted by Gasteiger charge is -2.21. The molecule has 1 aromatic heterocycles. The van der Waals surface area contributed by atoms with Crippen molar-refractivity contribution in [1.82, 2.24) is 0 Å². The van der Waals surface area contributed by atoms with Crippen molar-refractivity contribution in [1.29, 1.82) is 5.26 Å². The summed E-state index contributed by atoms with van der Waals surface area (Å²) in [7, 11) is 1.56. The number of ether oxygens (including phenoxy) is 1. The van der Waals surface area contributed by atoms with Crippen LogP contribution in [0.2, 0.25) is 0 Å². The van der Waals surface area contributed by atoms with Gasteiger partial charge in [-0.25, -0.2) is 0 Å². The molecular formula is C19H20N4O3S. The summed E-state index contributed by atoms with van der Waals surface area (Å²) in [5.74, 6) is 0.422. The number of carbonyl (C=O) groups excluding carboxylic acids is 2. The number of hydrogen-bond acceptors (Lipinski definition) is 6. The first kappa shape index (κ1) is 18.7. The average molecular weight is 384 g/mol. The van der Waals surface area contributed by atoms with Crippen LogP contribution in [0.1, 0.15) is 25.3 Å². The first-order valence-electron chi connectivity index (χ1n) is 8.57. The summed E-state index contributed by atoms with van der Waals surface area (Å²) < 4.78 is 5.44. The van der Waals surface area contributed by atoms with Crippen molar-refractivity contribution in [3.63, 3.8) is 0 Å². The van der Waals surface area contributed by atoms with Crippen LogP contribution in [0.4, 0.5) is 16.4 Å². The number of hydrogen-bond donors (Lipinski definition) is 2. The number of nitrogens with one attached hydrogen (secondary N) is 2. The summed E-state index contributed by atoms with van der Waals surface area (Å²) in [6, 6.07) is 8.61. The average Bonchev–Trinajstić information content (AvgIpc) is 3.30. The summed E-state index contributed by atoms with van der Waals surface area (Å²) in [6.45, 7) is 2.42. The molecule has 3 rings (SSSR count). The quantitative estimate of drug-likeness (QED) is 0.798. The molecule has 27 heavy (non-hydrogen) atoms. The molecule has 140 valence electrons. The Morgan fingerprint density at radius 2 is 2.22 bits per heavy atom. The molecule has 1 aliphatic rings. The lowest BCUT2D eigenvalue weighted by atomic mass is 10.2. The van der Waals surface area contributed by atoms with E-state index in [-0.39, 0.29) is 11.8 Å². The Morgan fingerprint density at radius 1 is 1.41 bits per heavy atom. The fraction of sp³-hybridized carbons (Fsp3) is 0.316. The molecule has 1 saturated heterocycles. The number of benzene rings is 1. The van der Waals surface area contributed by atoms with Crippen LogP contribution in [0, 0.1) is 11.3 Å². The summed E-state index contributed by atoms with van der Waals surface area (Å²) in [4.78, 5) is 26.1. The number of methoxy groups -OCH3 is 1. The molecule has 2 amide bonds. The molecule has 8 heteroatoms. The second kappa shape index (κ2) is 8.10. The molecule has 0 spiro atoms. The maximum Gasteiger partial charge on any atom is 0.247 e. The first-order valence-corrected chi connectivity index (χ1v) is 9.45. The fourth-order valence-corrected chi connectivity index (χ4v) is 3.66. The van der Waals surface area contributed by atoms with Crippen LogP contribution in [0.15, 0.2) is 29.6 Å². The van der Waals surface area contributed by atoms with Gasteiger partial charge in [-0.15, -0.1) is 11.3 Å². The van der Waals surface area contributed by atoms with Crippen LogP contribution in [-0.2, 0) is 9.59 Å². The third kappa shape index (κ3) is 4.04. The zero-order chi connectivity index (χ0) is 19.4. The van der Waals surface area contributed by atoms with E-state index in [1.54, 1.807) is 36.4 Å². The van der Waals surface area contributed by atoms with E-state index in [4.69, 9.17) is 10.00 Å². The van der Waals surface area contributed by atoms with Crippen molar-refractivity contribution >= 4 is 39.5 Å². The number of nitrogens with zero attached hydrogens (tertiary/aromatic N) is 2. The maximum absolute atomic E-state index is 12.4. The van der Waals surface area contributed by atoms with Crippen LogP contribution < -0.4 is 20.3 Å². The number of anilines is 3. The molecule has 1 fully saturated rings. The smallest absolute Gasteiger partial charge is 0.247 e. The van der Waals surface area contributed by atoms with Gasteiger partial charge in [0.2, 0.25) is 11.8 Å². The lowest BCUT2D eigenvalue weighted by molar-refractivity contribution is -0.117. The molecule has 2 aromatic rings. The minimum atomic E-state index is -0.525. The number of rotatable bonds is 6. The van der Waals surface area contributed by atoms with Gasteiger partial charge >= 0.3 is 0 Å². The Kier molecular flexibility index (Phi) is 5.62. The Bertz CT molecular complexity index is 903. The van der Waals surface area contributed by atoms with Gasteiger partial charge in [-0.1, -0.05) is 0 Å². The van der Waals surface area contributed by atoms with Crippen LogP contribution >= 0.6 is 11.3 Å². The van der Waals surface area contributed by atoms with Gasteiger partial charge in [0.25, 0.3) is 0 Å². The molecular weight excluding hydrogens is 364 g/mol. The van der Waals surface area contributed by atoms with Crippen molar-refractivity contribution < 1.29 is 14.3 Å². The minimum absolute atomic E-state index is 0.0889. The fourth-order valence-electron chi connectivity index (χ4n) is 2.92. The monoisotopic (exact) mass is 384 g/mol. The van der Waals surface area contributed by atoms with Gasteiger partial charge in [-0.3, -0.25) is 9.59 Å². The second-order valence-electron chi connectivity index (χ2n) is 6.17. The second-order valence-corrected chi connectivity index (χ2v) is 7.08. The highest BCUT2D eigenvalue weighted by molar-refractivity contribution is 7.14. The standard InChI is InChI=1S/C19H20N4O3S/c1-12(18(25)22-19-13(11-20)7-9-27-19)21-14-5-6-15(16(10-14)26-2)23-8-3-4-17(23)24/h5-7,9-10,12,21H,3-4,8H2,1-2H3,(H,22,25)/t12-/m1/s1. The Hall–Kier alpha value is -3.05. The highest BCUT2D eigenvalue weighted by Crippen LogP contribution is 2.34. The topological polar surface area (TPSA) is 94.5 Å². The molecule has 0 bridgehead atoms. The van der Waals surface area contributed by atoms with Crippen molar-refractivity contribution in [2.45, 2.75) is 25.8 Å². The third-order valence-electron chi connectivity index (χ3n) is 4.34. The predicted octanol–water partition coefficient (Wildman–Crippen LogP) is 3.19. The van der Waals surface area contributed by atoms with Gasteiger partial charge in [0.1, 0.15) is 22.9 Å².